The van der Waals surface area contributed by atoms with Gasteiger partial charge in [0, 0.05) is 19.6 Å². The molecule has 5 heteroatoms. The number of hydrogen-bond donors (Lipinski definition) is 1. The van der Waals surface area contributed by atoms with E-state index in [1.165, 1.54) is 0 Å². The fourth-order valence-electron chi connectivity index (χ4n) is 3.29. The van der Waals surface area contributed by atoms with Gasteiger partial charge in [-0.1, -0.05) is 18.5 Å². The molecule has 0 bridgehead atoms. The molecule has 0 radical (unpaired) electrons. The van der Waals surface area contributed by atoms with E-state index in [-0.39, 0.29) is 11.5 Å². The fraction of sp³-hybridized carbons (Fsp3) is 0.857. The SMILES string of the molecule is CCCC1(c2nc(CC3CCCO3)no2)CCNC1. The van der Waals surface area contributed by atoms with Crippen LogP contribution in [0.25, 0.3) is 0 Å². The maximum absolute atomic E-state index is 5.63. The smallest absolute Gasteiger partial charge is 0.234 e. The molecular formula is C14H23N3O2. The predicted octanol–water partition coefficient (Wildman–Crippen LogP) is 1.82. The van der Waals surface area contributed by atoms with Crippen LogP contribution >= 0.6 is 0 Å². The van der Waals surface area contributed by atoms with Gasteiger partial charge in [-0.25, -0.2) is 0 Å². The zero-order valence-electron chi connectivity index (χ0n) is 11.7. The molecule has 2 saturated heterocycles. The molecular weight excluding hydrogens is 242 g/mol. The molecule has 0 saturated carbocycles. The quantitative estimate of drug-likeness (QED) is 0.880. The number of nitrogens with zero attached hydrogens (tertiary/aromatic N) is 2. The minimum absolute atomic E-state index is 0.0660. The molecule has 1 aromatic rings. The molecule has 19 heavy (non-hydrogen) atoms. The second-order valence-electron chi connectivity index (χ2n) is 5.81. The third kappa shape index (κ3) is 2.67. The molecule has 1 N–H and O–H groups in total. The van der Waals surface area contributed by atoms with Crippen molar-refractivity contribution in [3.63, 3.8) is 0 Å². The summed E-state index contributed by atoms with van der Waals surface area (Å²) in [6, 6.07) is 0. The van der Waals surface area contributed by atoms with Gasteiger partial charge >= 0.3 is 0 Å². The normalized spacial score (nSPS) is 31.1. The lowest BCUT2D eigenvalue weighted by molar-refractivity contribution is 0.109. The third-order valence-electron chi connectivity index (χ3n) is 4.33. The molecule has 0 amide bonds. The van der Waals surface area contributed by atoms with Crippen LogP contribution in [0.2, 0.25) is 0 Å². The molecule has 3 heterocycles. The number of ether oxygens (including phenoxy) is 1. The molecule has 0 aliphatic carbocycles. The summed E-state index contributed by atoms with van der Waals surface area (Å²) >= 11 is 0. The van der Waals surface area contributed by atoms with E-state index in [0.29, 0.717) is 0 Å². The average molecular weight is 265 g/mol. The van der Waals surface area contributed by atoms with Crippen LogP contribution in [0.1, 0.15) is 50.7 Å². The molecule has 2 aliphatic rings. The minimum Gasteiger partial charge on any atom is -0.378 e. The highest BCUT2D eigenvalue weighted by Gasteiger charge is 2.40. The first-order chi connectivity index (χ1) is 9.32. The van der Waals surface area contributed by atoms with Gasteiger partial charge < -0.3 is 14.6 Å². The van der Waals surface area contributed by atoms with E-state index in [4.69, 9.17) is 9.26 Å². The van der Waals surface area contributed by atoms with Crippen molar-refractivity contribution in [1.82, 2.24) is 15.5 Å². The van der Waals surface area contributed by atoms with Crippen LogP contribution < -0.4 is 5.32 Å². The summed E-state index contributed by atoms with van der Waals surface area (Å²) in [6.07, 6.45) is 6.70. The largest absolute Gasteiger partial charge is 0.378 e. The molecule has 3 rings (SSSR count). The van der Waals surface area contributed by atoms with Crippen LogP contribution in [0.3, 0.4) is 0 Å². The topological polar surface area (TPSA) is 60.2 Å². The minimum atomic E-state index is 0.0660. The van der Waals surface area contributed by atoms with Crippen molar-refractivity contribution in [1.29, 1.82) is 0 Å². The molecule has 1 aromatic heterocycles. The van der Waals surface area contributed by atoms with E-state index >= 15 is 0 Å². The molecule has 5 nitrogen and oxygen atoms in total. The van der Waals surface area contributed by atoms with Crippen LogP contribution in [0.5, 0.6) is 0 Å². The Bertz CT molecular complexity index is 407. The van der Waals surface area contributed by atoms with E-state index in [0.717, 1.165) is 69.9 Å². The second kappa shape index (κ2) is 5.59. The fourth-order valence-corrected chi connectivity index (χ4v) is 3.29. The van der Waals surface area contributed by atoms with Gasteiger partial charge in [-0.15, -0.1) is 0 Å². The van der Waals surface area contributed by atoms with Crippen LogP contribution in [-0.2, 0) is 16.6 Å². The Hall–Kier alpha value is -0.940. The average Bonchev–Trinajstić information content (AvgIpc) is 3.11. The van der Waals surface area contributed by atoms with Crippen molar-refractivity contribution in [2.75, 3.05) is 19.7 Å². The maximum Gasteiger partial charge on any atom is 0.234 e. The summed E-state index contributed by atoms with van der Waals surface area (Å²) in [7, 11) is 0. The van der Waals surface area contributed by atoms with Crippen LogP contribution in [0.15, 0.2) is 4.52 Å². The highest BCUT2D eigenvalue weighted by Crippen LogP contribution is 2.34. The molecule has 2 aliphatic heterocycles. The van der Waals surface area contributed by atoms with Gasteiger partial charge in [0.05, 0.1) is 11.5 Å². The van der Waals surface area contributed by atoms with E-state index in [1.807, 2.05) is 0 Å². The lowest BCUT2D eigenvalue weighted by atomic mass is 9.82. The van der Waals surface area contributed by atoms with E-state index in [9.17, 15) is 0 Å². The Morgan fingerprint density at radius 1 is 1.47 bits per heavy atom. The predicted molar refractivity (Wildman–Crippen MR) is 71.0 cm³/mol. The van der Waals surface area contributed by atoms with Crippen molar-refractivity contribution in [3.8, 4) is 0 Å². The Morgan fingerprint density at radius 2 is 2.42 bits per heavy atom. The summed E-state index contributed by atoms with van der Waals surface area (Å²) in [6.45, 7) is 5.09. The van der Waals surface area contributed by atoms with Crippen LogP contribution in [0, 0.1) is 0 Å². The van der Waals surface area contributed by atoms with Crippen molar-refractivity contribution in [2.45, 2.75) is 57.0 Å². The van der Waals surface area contributed by atoms with Crippen molar-refractivity contribution in [2.24, 2.45) is 0 Å². The molecule has 2 fully saturated rings. The van der Waals surface area contributed by atoms with Crippen molar-refractivity contribution >= 4 is 0 Å². The first-order valence-electron chi connectivity index (χ1n) is 7.48. The van der Waals surface area contributed by atoms with Gasteiger partial charge in [-0.3, -0.25) is 0 Å². The van der Waals surface area contributed by atoms with E-state index in [1.54, 1.807) is 0 Å². The van der Waals surface area contributed by atoms with Crippen molar-refractivity contribution in [3.05, 3.63) is 11.7 Å². The van der Waals surface area contributed by atoms with E-state index in [2.05, 4.69) is 22.4 Å². The summed E-state index contributed by atoms with van der Waals surface area (Å²) < 4.78 is 11.2. The Labute approximate surface area is 114 Å². The number of hydrogen-bond acceptors (Lipinski definition) is 5. The Kier molecular flexibility index (Phi) is 3.84. The molecule has 0 spiro atoms. The van der Waals surface area contributed by atoms with Crippen LogP contribution in [0.4, 0.5) is 0 Å². The number of nitrogens with one attached hydrogen (secondary N) is 1. The van der Waals surface area contributed by atoms with Gasteiger partial charge in [-0.2, -0.15) is 4.98 Å². The number of rotatable bonds is 5. The van der Waals surface area contributed by atoms with Gasteiger partial charge in [0.25, 0.3) is 0 Å². The zero-order valence-corrected chi connectivity index (χ0v) is 11.7. The highest BCUT2D eigenvalue weighted by molar-refractivity contribution is 5.10. The van der Waals surface area contributed by atoms with E-state index < -0.39 is 0 Å². The Balaban J connectivity index is 1.71. The maximum atomic E-state index is 5.63. The second-order valence-corrected chi connectivity index (χ2v) is 5.81. The lowest BCUT2D eigenvalue weighted by Crippen LogP contribution is -2.29. The first-order valence-corrected chi connectivity index (χ1v) is 7.48. The lowest BCUT2D eigenvalue weighted by Gasteiger charge is -2.22. The van der Waals surface area contributed by atoms with Gasteiger partial charge in [0.1, 0.15) is 0 Å². The van der Waals surface area contributed by atoms with Gasteiger partial charge in [0.15, 0.2) is 5.82 Å². The summed E-state index contributed by atoms with van der Waals surface area (Å²) in [4.78, 5) is 4.65. The Morgan fingerprint density at radius 3 is 3.11 bits per heavy atom. The first kappa shape index (κ1) is 13.1. The summed E-state index contributed by atoms with van der Waals surface area (Å²) in [5.74, 6) is 1.64. The monoisotopic (exact) mass is 265 g/mol. The third-order valence-corrected chi connectivity index (χ3v) is 4.33. The highest BCUT2D eigenvalue weighted by atomic mass is 16.5. The molecule has 2 atom stereocenters. The van der Waals surface area contributed by atoms with Crippen molar-refractivity contribution < 1.29 is 9.26 Å². The summed E-state index contributed by atoms with van der Waals surface area (Å²) in [5.41, 5.74) is 0.0660. The summed E-state index contributed by atoms with van der Waals surface area (Å²) in [5, 5.41) is 7.58. The molecule has 2 unspecified atom stereocenters. The standard InChI is InChI=1S/C14H23N3O2/c1-2-5-14(6-7-15-10-14)13-16-12(17-19-13)9-11-4-3-8-18-11/h11,15H,2-10H2,1H3. The number of aromatic nitrogens is 2. The molecule has 0 aromatic carbocycles. The molecule has 106 valence electrons. The van der Waals surface area contributed by atoms with Gasteiger partial charge in [-0.05, 0) is 32.2 Å². The van der Waals surface area contributed by atoms with Gasteiger partial charge in [0.2, 0.25) is 5.89 Å². The zero-order chi connectivity index (χ0) is 13.1. The van der Waals surface area contributed by atoms with Crippen LogP contribution in [-0.4, -0.2) is 35.9 Å².